The Morgan fingerprint density at radius 3 is 1.52 bits per heavy atom. The van der Waals surface area contributed by atoms with Gasteiger partial charge in [0.05, 0.1) is 16.8 Å². The second kappa shape index (κ2) is 34.0. The molecule has 0 bridgehead atoms. The van der Waals surface area contributed by atoms with Crippen molar-refractivity contribution in [1.29, 1.82) is 0 Å². The first kappa shape index (κ1) is 71.1. The Labute approximate surface area is 583 Å². The summed E-state index contributed by atoms with van der Waals surface area (Å²) < 4.78 is 10.8. The molecular formula is C78H78Cl3N7O10. The summed E-state index contributed by atoms with van der Waals surface area (Å²) in [7, 11) is 0. The van der Waals surface area contributed by atoms with Crippen LogP contribution in [0.3, 0.4) is 0 Å². The number of fused-ring (bicyclic) bond motifs is 3. The van der Waals surface area contributed by atoms with Gasteiger partial charge in [-0.2, -0.15) is 0 Å². The van der Waals surface area contributed by atoms with E-state index in [0.717, 1.165) is 112 Å². The van der Waals surface area contributed by atoms with Crippen LogP contribution in [0.1, 0.15) is 143 Å². The largest absolute Gasteiger partial charge is 0.475 e. The van der Waals surface area contributed by atoms with E-state index in [0.29, 0.717) is 76.0 Å². The van der Waals surface area contributed by atoms with Gasteiger partial charge in [0.2, 0.25) is 17.6 Å². The molecule has 3 aromatic heterocycles. The molecular weight excluding hydrogens is 1300 g/mol. The number of aromatic carboxylic acids is 1. The molecule has 2 aliphatic heterocycles. The predicted octanol–water partition coefficient (Wildman–Crippen LogP) is 15.4. The SMILES string of the molecule is Cl.N[C@H](C=C1CCC(c2ccccc2CN2CCCC2=O)CC1)Cc1ccc(Cl)cc1.O=C(N[C@H](C=C1CCC(c2ccccc2CN2CCCC2=O)CC1)Cc1ccc(Cl)cc1)c1cc(=O)c2ccccc2o1.O=C(O)c1cc(=O)c2ccccc2o1.On1nnc2ccccc21. The highest BCUT2D eigenvalue weighted by Crippen LogP contribution is 2.39. The Morgan fingerprint density at radius 2 is 1.02 bits per heavy atom. The van der Waals surface area contributed by atoms with Gasteiger partial charge in [-0.25, -0.2) is 4.79 Å². The van der Waals surface area contributed by atoms with Gasteiger partial charge in [-0.3, -0.25) is 24.0 Å². The van der Waals surface area contributed by atoms with E-state index in [1.807, 2.05) is 58.3 Å². The lowest BCUT2D eigenvalue weighted by Gasteiger charge is -2.28. The van der Waals surface area contributed by atoms with Gasteiger partial charge in [0.1, 0.15) is 22.2 Å². The topological polar surface area (TPSA) is 244 Å². The van der Waals surface area contributed by atoms with Crippen molar-refractivity contribution in [1.82, 2.24) is 30.3 Å². The third-order valence-electron chi connectivity index (χ3n) is 18.3. The standard InChI is InChI=1S/C36H35ClN2O4.C26H31ClN2O.C10H6O4.C6H5N3O.ClH/c37-28-17-13-25(14-18-28)21-29(38-36(42)34-22-32(40)31-8-3-4-9-33(31)43-34)20-24-11-15-26(16-12-24)30-7-2-1-6-27(30)23-39-19-5-10-35(39)41;27-23-13-9-20(10-14-23)17-24(28)16-19-7-11-21(12-8-19)25-5-2-1-4-22(25)18-29-15-3-6-26(29)30;11-7-5-9(10(12)13)14-8-4-2-1-3-6(7)8;10-9-6-4-2-1-3-5(6)7-8-9;/h1-4,6-9,13-14,17-18,20,22,26,29H,5,10-12,15-16,19,21,23H2,(H,38,42);1-2,4-5,9-10,13-14,16,21,24H,3,6-8,11-12,15,17-18,28H2;1-5H,(H,12,13);1-4,10H;1H/t26?,29-;21?,24-;;;/m11.../s1. The number of carboxylic acids is 1. The number of hydrogen-bond donors (Lipinski definition) is 4. The van der Waals surface area contributed by atoms with Crippen LogP contribution < -0.4 is 21.9 Å². The maximum absolute atomic E-state index is 13.4. The first-order valence-corrected chi connectivity index (χ1v) is 33.8. The Hall–Kier alpha value is -9.65. The van der Waals surface area contributed by atoms with Crippen molar-refractivity contribution >= 4 is 92.3 Å². The molecule has 14 rings (SSSR count). The Bertz CT molecular complexity index is 4610. The lowest BCUT2D eigenvalue weighted by molar-refractivity contribution is -0.129. The Balaban J connectivity index is 0.000000162. The summed E-state index contributed by atoms with van der Waals surface area (Å²) in [5, 5.41) is 30.1. The molecule has 2 saturated carbocycles. The Morgan fingerprint density at radius 1 is 0.571 bits per heavy atom. The number of amides is 3. The van der Waals surface area contributed by atoms with Crippen LogP contribution in [0.4, 0.5) is 0 Å². The number of para-hydroxylation sites is 3. The average Bonchev–Trinajstić information content (AvgIpc) is 1.13. The van der Waals surface area contributed by atoms with Crippen molar-refractivity contribution in [2.75, 3.05) is 13.1 Å². The molecule has 98 heavy (non-hydrogen) atoms. The van der Waals surface area contributed by atoms with Gasteiger partial charge < -0.3 is 40.0 Å². The molecule has 10 aromatic rings. The van der Waals surface area contributed by atoms with Gasteiger partial charge in [-0.1, -0.05) is 161 Å². The van der Waals surface area contributed by atoms with E-state index >= 15 is 0 Å². The minimum Gasteiger partial charge on any atom is -0.475 e. The maximum atomic E-state index is 13.4. The maximum Gasteiger partial charge on any atom is 0.371 e. The zero-order valence-electron chi connectivity index (χ0n) is 54.2. The number of aromatic nitrogens is 3. The number of carbonyl (C=O) groups excluding carboxylic acids is 3. The number of nitrogens with zero attached hydrogens (tertiary/aromatic N) is 5. The number of benzene rings is 7. The molecule has 4 fully saturated rings. The number of nitrogens with one attached hydrogen (secondary N) is 1. The lowest BCUT2D eigenvalue weighted by atomic mass is 9.79. The van der Waals surface area contributed by atoms with Crippen LogP contribution in [0.15, 0.2) is 224 Å². The number of hydrogen-bond acceptors (Lipinski definition) is 12. The lowest BCUT2D eigenvalue weighted by Crippen LogP contribution is -2.36. The fraction of sp³-hybridized carbons (Fsp3) is 0.282. The van der Waals surface area contributed by atoms with E-state index in [-0.39, 0.29) is 58.4 Å². The number of halogens is 3. The minimum atomic E-state index is -1.24. The monoisotopic (exact) mass is 1380 g/mol. The molecule has 17 nitrogen and oxygen atoms in total. The van der Waals surface area contributed by atoms with Gasteiger partial charge in [-0.15, -0.1) is 17.5 Å². The van der Waals surface area contributed by atoms with Crippen LogP contribution in [-0.2, 0) is 35.5 Å². The number of nitrogens with two attached hydrogens (primary N) is 1. The fourth-order valence-electron chi connectivity index (χ4n) is 13.3. The summed E-state index contributed by atoms with van der Waals surface area (Å²) in [6.07, 6.45) is 17.6. The van der Waals surface area contributed by atoms with E-state index in [4.69, 9.17) is 48.1 Å². The molecule has 0 spiro atoms. The highest BCUT2D eigenvalue weighted by molar-refractivity contribution is 6.30. The van der Waals surface area contributed by atoms with E-state index in [2.05, 4.69) is 88.4 Å². The van der Waals surface area contributed by atoms with Crippen molar-refractivity contribution in [3.8, 4) is 0 Å². The van der Waals surface area contributed by atoms with E-state index in [9.17, 15) is 28.8 Å². The molecule has 2 atom stereocenters. The summed E-state index contributed by atoms with van der Waals surface area (Å²) in [5.74, 6) is -0.446. The van der Waals surface area contributed by atoms with Crippen molar-refractivity contribution in [2.24, 2.45) is 5.73 Å². The van der Waals surface area contributed by atoms with E-state index < -0.39 is 11.9 Å². The molecule has 5 N–H and O–H groups in total. The van der Waals surface area contributed by atoms with Crippen molar-refractivity contribution in [3.63, 3.8) is 0 Å². The summed E-state index contributed by atoms with van der Waals surface area (Å²) in [6, 6.07) is 55.5. The number of likely N-dealkylation sites (tertiary alicyclic amines) is 2. The van der Waals surface area contributed by atoms with Crippen LogP contribution in [0.25, 0.3) is 33.0 Å². The highest BCUT2D eigenvalue weighted by Gasteiger charge is 2.28. The average molecular weight is 1380 g/mol. The van der Waals surface area contributed by atoms with Crippen LogP contribution in [-0.4, -0.2) is 84.1 Å². The zero-order valence-corrected chi connectivity index (χ0v) is 56.5. The molecule has 4 aliphatic rings. The van der Waals surface area contributed by atoms with Gasteiger partial charge in [0.25, 0.3) is 5.91 Å². The highest BCUT2D eigenvalue weighted by atomic mass is 35.5. The third-order valence-corrected chi connectivity index (χ3v) is 18.8. The summed E-state index contributed by atoms with van der Waals surface area (Å²) in [6.45, 7) is 3.19. The first-order valence-electron chi connectivity index (χ1n) is 33.0. The normalized spacial score (nSPS) is 16.6. The minimum absolute atomic E-state index is 0. The van der Waals surface area contributed by atoms with Gasteiger partial charge >= 0.3 is 5.97 Å². The Kier molecular flexibility index (Phi) is 24.7. The van der Waals surface area contributed by atoms with Gasteiger partial charge in [0.15, 0.2) is 16.6 Å². The van der Waals surface area contributed by atoms with Crippen molar-refractivity contribution in [2.45, 2.75) is 127 Å². The van der Waals surface area contributed by atoms with E-state index in [1.54, 1.807) is 60.7 Å². The van der Waals surface area contributed by atoms with Crippen LogP contribution in [0, 0.1) is 0 Å². The number of rotatable bonds is 15. The van der Waals surface area contributed by atoms with Crippen LogP contribution >= 0.6 is 35.6 Å². The molecule has 2 saturated heterocycles. The second-order valence-electron chi connectivity index (χ2n) is 25.1. The fourth-order valence-corrected chi connectivity index (χ4v) is 13.6. The molecule has 5 heterocycles. The summed E-state index contributed by atoms with van der Waals surface area (Å²) in [5.41, 5.74) is 18.2. The third kappa shape index (κ3) is 18.9. The van der Waals surface area contributed by atoms with Crippen LogP contribution in [0.2, 0.25) is 10.0 Å². The quantitative estimate of drug-likeness (QED) is 0.0552. The second-order valence-corrected chi connectivity index (χ2v) is 25.9. The van der Waals surface area contributed by atoms with Gasteiger partial charge in [0, 0.05) is 67.2 Å². The predicted molar refractivity (Wildman–Crippen MR) is 384 cm³/mol. The smallest absolute Gasteiger partial charge is 0.371 e. The van der Waals surface area contributed by atoms with E-state index in [1.165, 1.54) is 45.0 Å². The summed E-state index contributed by atoms with van der Waals surface area (Å²) in [4.78, 5) is 77.0. The van der Waals surface area contributed by atoms with Gasteiger partial charge in [-0.05, 0) is 188 Å². The van der Waals surface area contributed by atoms with Crippen molar-refractivity contribution in [3.05, 3.63) is 281 Å². The summed E-state index contributed by atoms with van der Waals surface area (Å²) >= 11 is 12.1. The number of carboxylic acid groups (broad SMARTS) is 1. The molecule has 0 unspecified atom stereocenters. The van der Waals surface area contributed by atoms with Crippen LogP contribution in [0.5, 0.6) is 0 Å². The van der Waals surface area contributed by atoms with Crippen molar-refractivity contribution < 1.29 is 38.3 Å². The molecule has 20 heteroatoms. The molecule has 0 radical (unpaired) electrons. The molecule has 506 valence electrons. The number of allylic oxidation sites excluding steroid dienone is 2. The molecule has 3 amide bonds. The number of carbonyl (C=O) groups is 4. The first-order chi connectivity index (χ1) is 47.1. The zero-order chi connectivity index (χ0) is 67.8. The molecule has 7 aromatic carbocycles. The molecule has 2 aliphatic carbocycles.